The number of alkyl carbamates (subject to hydrolysis) is 1. The Balaban J connectivity index is 0.00000353. The monoisotopic (exact) mass is 573 g/mol. The maximum Gasteiger partial charge on any atom is 0.407 e. The number of rotatable bonds is 8. The van der Waals surface area contributed by atoms with Crippen LogP contribution in [-0.4, -0.2) is 51.9 Å². The molecule has 0 radical (unpaired) electrons. The molecule has 4 aromatic rings. The number of fused-ring (bicyclic) bond motifs is 2. The predicted octanol–water partition coefficient (Wildman–Crippen LogP) is 2.28. The summed E-state index contributed by atoms with van der Waals surface area (Å²) in [4.78, 5) is 42.9. The standard InChI is InChI=1S/C26H27N5O6S.ClH/c32-23-22(19-7-2-1-3-8-19)24-31(15-6-18-38(24,35)36)26(34)30(23)14-5-12-28-25(33)37-17-11-20-9-4-10-21-27-13-16-29(20)21;/h1-4,7-10,13,16H,5-6,11-12,14-15,17-18H2,(H,28,33);1H. The zero-order valence-electron chi connectivity index (χ0n) is 21.0. The third-order valence-corrected chi connectivity index (χ3v) is 8.30. The van der Waals surface area contributed by atoms with Gasteiger partial charge in [0.2, 0.25) is 0 Å². The van der Waals surface area contributed by atoms with Gasteiger partial charge in [-0.3, -0.25) is 13.9 Å². The van der Waals surface area contributed by atoms with Crippen molar-refractivity contribution < 1.29 is 17.9 Å². The van der Waals surface area contributed by atoms with Crippen LogP contribution in [0.1, 0.15) is 18.5 Å². The van der Waals surface area contributed by atoms with E-state index in [0.717, 1.165) is 15.9 Å². The Bertz CT molecular complexity index is 1710. The van der Waals surface area contributed by atoms with Crippen LogP contribution in [0.25, 0.3) is 16.8 Å². The number of hydrogen-bond donors (Lipinski definition) is 1. The van der Waals surface area contributed by atoms with E-state index in [4.69, 9.17) is 4.74 Å². The van der Waals surface area contributed by atoms with E-state index >= 15 is 0 Å². The quantitative estimate of drug-likeness (QED) is 0.252. The summed E-state index contributed by atoms with van der Waals surface area (Å²) < 4.78 is 35.2. The van der Waals surface area contributed by atoms with Gasteiger partial charge in [-0.25, -0.2) is 23.0 Å². The first kappa shape index (κ1) is 28.1. The summed E-state index contributed by atoms with van der Waals surface area (Å²) in [5.74, 6) is -0.112. The normalized spacial score (nSPS) is 13.8. The van der Waals surface area contributed by atoms with E-state index in [9.17, 15) is 22.8 Å². The molecule has 0 bridgehead atoms. The highest BCUT2D eigenvalue weighted by Gasteiger charge is 2.32. The highest BCUT2D eigenvalue weighted by molar-refractivity contribution is 7.91. The molecule has 13 heteroatoms. The average molecular weight is 574 g/mol. The minimum Gasteiger partial charge on any atom is -0.449 e. The molecule has 1 N–H and O–H groups in total. The number of carbonyl (C=O) groups is 1. The third kappa shape index (κ3) is 5.76. The van der Waals surface area contributed by atoms with Crippen LogP contribution in [0.4, 0.5) is 4.79 Å². The van der Waals surface area contributed by atoms with Crippen LogP contribution in [0, 0.1) is 0 Å². The molecule has 0 spiro atoms. The van der Waals surface area contributed by atoms with Gasteiger partial charge in [-0.1, -0.05) is 36.4 Å². The highest BCUT2D eigenvalue weighted by atomic mass is 35.5. The van der Waals surface area contributed by atoms with Crippen molar-refractivity contribution in [2.24, 2.45) is 0 Å². The molecule has 0 fully saturated rings. The van der Waals surface area contributed by atoms with Gasteiger partial charge in [0.15, 0.2) is 14.9 Å². The minimum absolute atomic E-state index is 0. The van der Waals surface area contributed by atoms with Crippen LogP contribution < -0.4 is 16.6 Å². The van der Waals surface area contributed by atoms with Crippen molar-refractivity contribution in [1.29, 1.82) is 0 Å². The fraction of sp³-hybridized carbons (Fsp3) is 0.308. The van der Waals surface area contributed by atoms with Gasteiger partial charge in [0, 0.05) is 44.1 Å². The molecule has 0 unspecified atom stereocenters. The highest BCUT2D eigenvalue weighted by Crippen LogP contribution is 2.27. The van der Waals surface area contributed by atoms with Gasteiger partial charge >= 0.3 is 11.8 Å². The summed E-state index contributed by atoms with van der Waals surface area (Å²) in [6.07, 6.45) is 4.02. The van der Waals surface area contributed by atoms with Gasteiger partial charge in [0.1, 0.15) is 5.65 Å². The van der Waals surface area contributed by atoms with Crippen LogP contribution in [-0.2, 0) is 34.1 Å². The summed E-state index contributed by atoms with van der Waals surface area (Å²) in [5.41, 5.74) is 0.890. The van der Waals surface area contributed by atoms with Crippen molar-refractivity contribution in [2.75, 3.05) is 18.9 Å². The molecule has 3 aromatic heterocycles. The molecule has 4 heterocycles. The van der Waals surface area contributed by atoms with Crippen LogP contribution in [0.15, 0.2) is 75.5 Å². The molecule has 1 aliphatic heterocycles. The first-order chi connectivity index (χ1) is 18.4. The summed E-state index contributed by atoms with van der Waals surface area (Å²) >= 11 is 0. The largest absolute Gasteiger partial charge is 0.449 e. The van der Waals surface area contributed by atoms with Crippen LogP contribution >= 0.6 is 12.4 Å². The second-order valence-corrected chi connectivity index (χ2v) is 11.0. The van der Waals surface area contributed by atoms with Crippen molar-refractivity contribution in [3.8, 4) is 11.1 Å². The second kappa shape index (κ2) is 11.9. The van der Waals surface area contributed by atoms with E-state index < -0.39 is 27.2 Å². The first-order valence-electron chi connectivity index (χ1n) is 12.3. The fourth-order valence-electron chi connectivity index (χ4n) is 4.70. The molecule has 11 nitrogen and oxygen atoms in total. The van der Waals surface area contributed by atoms with Gasteiger partial charge in [-0.2, -0.15) is 0 Å². The molecule has 5 rings (SSSR count). The predicted molar refractivity (Wildman–Crippen MR) is 147 cm³/mol. The fourth-order valence-corrected chi connectivity index (χ4v) is 6.42. The van der Waals surface area contributed by atoms with Crippen LogP contribution in [0.5, 0.6) is 0 Å². The van der Waals surface area contributed by atoms with E-state index in [2.05, 4.69) is 10.3 Å². The Kier molecular flexibility index (Phi) is 8.56. The lowest BCUT2D eigenvalue weighted by Gasteiger charge is -2.23. The molecule has 1 aliphatic rings. The maximum atomic E-state index is 13.4. The molecule has 0 saturated heterocycles. The van der Waals surface area contributed by atoms with Gasteiger partial charge in [0.25, 0.3) is 5.56 Å². The Morgan fingerprint density at radius 2 is 1.87 bits per heavy atom. The number of amides is 1. The Morgan fingerprint density at radius 1 is 1.08 bits per heavy atom. The first-order valence-corrected chi connectivity index (χ1v) is 14.0. The number of hydrogen-bond acceptors (Lipinski definition) is 7. The number of pyridine rings is 1. The number of carbonyl (C=O) groups excluding carboxylic acids is 1. The van der Waals surface area contributed by atoms with E-state index in [1.165, 1.54) is 4.57 Å². The molecule has 1 aromatic carbocycles. The number of benzene rings is 1. The van der Waals surface area contributed by atoms with Gasteiger partial charge in [0.05, 0.1) is 17.9 Å². The summed E-state index contributed by atoms with van der Waals surface area (Å²) in [7, 11) is -3.79. The number of nitrogens with zero attached hydrogens (tertiary/aromatic N) is 4. The number of halogens is 1. The molecular formula is C26H28ClN5O6S. The zero-order chi connectivity index (χ0) is 26.7. The van der Waals surface area contributed by atoms with E-state index in [0.29, 0.717) is 18.4 Å². The molecule has 0 aliphatic carbocycles. The van der Waals surface area contributed by atoms with Gasteiger partial charge < -0.3 is 14.5 Å². The van der Waals surface area contributed by atoms with E-state index in [1.54, 1.807) is 36.5 Å². The van der Waals surface area contributed by atoms with Gasteiger partial charge in [-0.05, 0) is 30.5 Å². The summed E-state index contributed by atoms with van der Waals surface area (Å²) in [6, 6.07) is 14.2. The maximum absolute atomic E-state index is 13.4. The summed E-state index contributed by atoms with van der Waals surface area (Å²) in [5, 5.41) is 2.42. The number of sulfone groups is 1. The second-order valence-electron chi connectivity index (χ2n) is 8.95. The lowest BCUT2D eigenvalue weighted by molar-refractivity contribution is 0.147. The number of imidazole rings is 1. The molecule has 0 saturated carbocycles. The smallest absolute Gasteiger partial charge is 0.407 e. The number of aromatic nitrogens is 4. The van der Waals surface area contributed by atoms with Crippen LogP contribution in [0.3, 0.4) is 0 Å². The van der Waals surface area contributed by atoms with Crippen molar-refractivity contribution in [1.82, 2.24) is 23.8 Å². The molecule has 39 heavy (non-hydrogen) atoms. The molecular weight excluding hydrogens is 546 g/mol. The number of nitrogens with one attached hydrogen (secondary N) is 1. The average Bonchev–Trinajstić information content (AvgIpc) is 3.39. The summed E-state index contributed by atoms with van der Waals surface area (Å²) in [6.45, 7) is 0.567. The topological polar surface area (TPSA) is 134 Å². The lowest BCUT2D eigenvalue weighted by atomic mass is 10.1. The Morgan fingerprint density at radius 3 is 2.67 bits per heavy atom. The van der Waals surface area contributed by atoms with Gasteiger partial charge in [-0.15, -0.1) is 12.4 Å². The van der Waals surface area contributed by atoms with Crippen molar-refractivity contribution >= 4 is 34.0 Å². The lowest BCUT2D eigenvalue weighted by Crippen LogP contribution is -2.45. The Labute approximate surface area is 230 Å². The Hall–Kier alpha value is -3.90. The van der Waals surface area contributed by atoms with Crippen molar-refractivity contribution in [3.05, 3.63) is 87.5 Å². The van der Waals surface area contributed by atoms with E-state index in [-0.39, 0.29) is 61.4 Å². The number of ether oxygens (including phenoxy) is 1. The third-order valence-electron chi connectivity index (χ3n) is 6.46. The zero-order valence-corrected chi connectivity index (χ0v) is 22.6. The molecule has 1 amide bonds. The van der Waals surface area contributed by atoms with Crippen molar-refractivity contribution in [3.63, 3.8) is 0 Å². The van der Waals surface area contributed by atoms with E-state index in [1.807, 2.05) is 28.8 Å². The molecule has 0 atom stereocenters. The van der Waals surface area contributed by atoms with Crippen molar-refractivity contribution in [2.45, 2.75) is 37.4 Å². The van der Waals surface area contributed by atoms with Crippen LogP contribution in [0.2, 0.25) is 0 Å². The SMILES string of the molecule is Cl.O=C(NCCCn1c(=O)c(-c2ccccc2)c2n(c1=O)CCCS2(=O)=O)OCCc1cccc2nccn12. The minimum atomic E-state index is -3.79. The molecule has 206 valence electrons.